The van der Waals surface area contributed by atoms with Crippen molar-refractivity contribution in [1.29, 1.82) is 0 Å². The van der Waals surface area contributed by atoms with Crippen LogP contribution in [-0.4, -0.2) is 16.7 Å². The van der Waals surface area contributed by atoms with E-state index in [1.807, 2.05) is 62.5 Å². The highest BCUT2D eigenvalue weighted by atomic mass is 32.2. The summed E-state index contributed by atoms with van der Waals surface area (Å²) in [7, 11) is -6.07. The molecule has 0 heterocycles. The van der Waals surface area contributed by atoms with Crippen molar-refractivity contribution in [1.82, 2.24) is 0 Å². The number of benzene rings is 2. The largest absolute Gasteiger partial charge is 0.311 e. The van der Waals surface area contributed by atoms with Crippen LogP contribution < -0.4 is 0 Å². The van der Waals surface area contributed by atoms with Crippen LogP contribution in [-0.2, 0) is 26.5 Å². The fourth-order valence-electron chi connectivity index (χ4n) is 2.35. The molecule has 0 radical (unpaired) electrons. The van der Waals surface area contributed by atoms with E-state index in [2.05, 4.69) is 0 Å². The van der Waals surface area contributed by atoms with Crippen LogP contribution in [0.3, 0.4) is 0 Å². The van der Waals surface area contributed by atoms with Crippen molar-refractivity contribution in [2.24, 2.45) is 0 Å². The lowest BCUT2D eigenvalue weighted by atomic mass is 10.2. The number of aryl methyl sites for hydroxylation is 1. The Labute approximate surface area is 134 Å². The van der Waals surface area contributed by atoms with Crippen LogP contribution >= 0.6 is 0 Å². The van der Waals surface area contributed by atoms with Crippen molar-refractivity contribution in [3.63, 3.8) is 0 Å². The molecule has 22 heavy (non-hydrogen) atoms. The van der Waals surface area contributed by atoms with Gasteiger partial charge in [-0.1, -0.05) is 49.4 Å². The van der Waals surface area contributed by atoms with Gasteiger partial charge in [-0.05, 0) is 48.8 Å². The van der Waals surface area contributed by atoms with E-state index in [1.165, 1.54) is 0 Å². The molecular weight excluding hydrogens is 312 g/mol. The smallest absolute Gasteiger partial charge is 0.287 e. The van der Waals surface area contributed by atoms with Crippen molar-refractivity contribution in [2.45, 2.75) is 37.4 Å². The van der Waals surface area contributed by atoms with Crippen LogP contribution in [0.25, 0.3) is 0 Å². The summed E-state index contributed by atoms with van der Waals surface area (Å²) < 4.78 is 30.5. The summed E-state index contributed by atoms with van der Waals surface area (Å²) in [5.41, 5.74) is 2.22. The topological polar surface area (TPSA) is 43.4 Å². The van der Waals surface area contributed by atoms with E-state index < -0.39 is 18.4 Å². The van der Waals surface area contributed by atoms with Gasteiger partial charge in [0, 0.05) is 0 Å². The predicted octanol–water partition coefficient (Wildman–Crippen LogP) is 3.94. The van der Waals surface area contributed by atoms with Crippen LogP contribution in [0.4, 0.5) is 0 Å². The van der Waals surface area contributed by atoms with E-state index in [4.69, 9.17) is 3.87 Å². The van der Waals surface area contributed by atoms with Crippen LogP contribution in [0.1, 0.15) is 18.1 Å². The lowest BCUT2D eigenvalue weighted by Gasteiger charge is -2.22. The molecule has 2 aromatic rings. The molecule has 0 spiro atoms. The predicted molar refractivity (Wildman–Crippen MR) is 91.7 cm³/mol. The third kappa shape index (κ3) is 4.53. The second-order valence-corrected chi connectivity index (χ2v) is 11.9. The van der Waals surface area contributed by atoms with Crippen molar-refractivity contribution in [3.05, 3.63) is 65.7 Å². The van der Waals surface area contributed by atoms with Gasteiger partial charge in [-0.3, -0.25) is 0 Å². The van der Waals surface area contributed by atoms with Crippen LogP contribution in [0.15, 0.2) is 59.5 Å². The first-order valence-electron chi connectivity index (χ1n) is 7.41. The highest BCUT2D eigenvalue weighted by Crippen LogP contribution is 2.21. The molecule has 2 aromatic carbocycles. The van der Waals surface area contributed by atoms with E-state index in [1.54, 1.807) is 12.1 Å². The lowest BCUT2D eigenvalue weighted by Crippen LogP contribution is -2.36. The Morgan fingerprint density at radius 3 is 2.05 bits per heavy atom. The zero-order chi connectivity index (χ0) is 16.2. The summed E-state index contributed by atoms with van der Waals surface area (Å²) in [5, 5.41) is 0. The molecule has 0 atom stereocenters. The molecular formula is C17H22O3SSi. The monoisotopic (exact) mass is 334 g/mol. The van der Waals surface area contributed by atoms with Crippen LogP contribution in [0, 0.1) is 0 Å². The first-order chi connectivity index (χ1) is 10.3. The van der Waals surface area contributed by atoms with Crippen LogP contribution in [0.2, 0.25) is 13.1 Å². The first kappa shape index (κ1) is 16.9. The number of rotatable bonds is 6. The van der Waals surface area contributed by atoms with Gasteiger partial charge in [0.25, 0.3) is 10.1 Å². The normalized spacial score (nSPS) is 12.3. The van der Waals surface area contributed by atoms with Gasteiger partial charge in [-0.2, -0.15) is 8.42 Å². The fourth-order valence-corrected chi connectivity index (χ4v) is 7.04. The summed E-state index contributed by atoms with van der Waals surface area (Å²) in [5.74, 6) is 0. The molecule has 0 N–H and O–H groups in total. The lowest BCUT2D eigenvalue weighted by molar-refractivity contribution is 0.481. The Kier molecular flexibility index (Phi) is 5.21. The van der Waals surface area contributed by atoms with Gasteiger partial charge in [0.2, 0.25) is 8.32 Å². The highest BCUT2D eigenvalue weighted by molar-refractivity contribution is 7.87. The molecule has 118 valence electrons. The van der Waals surface area contributed by atoms with E-state index in [-0.39, 0.29) is 4.90 Å². The Morgan fingerprint density at radius 1 is 0.909 bits per heavy atom. The van der Waals surface area contributed by atoms with Gasteiger partial charge in [-0.15, -0.1) is 0 Å². The molecule has 0 saturated carbocycles. The maximum absolute atomic E-state index is 12.5. The zero-order valence-electron chi connectivity index (χ0n) is 13.2. The maximum atomic E-state index is 12.5. The molecule has 0 fully saturated rings. The van der Waals surface area contributed by atoms with Gasteiger partial charge in [-0.25, -0.2) is 0 Å². The molecule has 0 aliphatic carbocycles. The molecule has 0 aliphatic rings. The Hall–Kier alpha value is -1.43. The van der Waals surface area contributed by atoms with Gasteiger partial charge in [0.1, 0.15) is 0 Å². The van der Waals surface area contributed by atoms with Crippen LogP contribution in [0.5, 0.6) is 0 Å². The van der Waals surface area contributed by atoms with E-state index in [0.29, 0.717) is 6.04 Å². The SMILES string of the molecule is CCc1ccc(S(=O)(=O)O[Si](C)(C)Cc2ccccc2)cc1. The van der Waals surface area contributed by atoms with E-state index in [0.717, 1.165) is 17.5 Å². The molecule has 0 bridgehead atoms. The molecule has 0 aliphatic heterocycles. The van der Waals surface area contributed by atoms with E-state index >= 15 is 0 Å². The summed E-state index contributed by atoms with van der Waals surface area (Å²) in [6, 6.07) is 17.5. The third-order valence-electron chi connectivity index (χ3n) is 3.43. The molecule has 2 rings (SSSR count). The summed E-state index contributed by atoms with van der Waals surface area (Å²) in [4.78, 5) is 0.235. The fraction of sp³-hybridized carbons (Fsp3) is 0.294. The van der Waals surface area contributed by atoms with Gasteiger partial charge >= 0.3 is 0 Å². The molecule has 3 nitrogen and oxygen atoms in total. The van der Waals surface area contributed by atoms with Crippen molar-refractivity contribution in [2.75, 3.05) is 0 Å². The minimum absolute atomic E-state index is 0.235. The molecule has 0 amide bonds. The van der Waals surface area contributed by atoms with Crippen molar-refractivity contribution in [3.8, 4) is 0 Å². The maximum Gasteiger partial charge on any atom is 0.287 e. The average Bonchev–Trinajstić information content (AvgIpc) is 2.46. The zero-order valence-corrected chi connectivity index (χ0v) is 15.1. The second kappa shape index (κ2) is 6.77. The molecule has 0 aromatic heterocycles. The summed E-state index contributed by atoms with van der Waals surface area (Å²) >= 11 is 0. The molecule has 0 saturated heterocycles. The quantitative estimate of drug-likeness (QED) is 0.752. The minimum atomic E-state index is -3.70. The summed E-state index contributed by atoms with van der Waals surface area (Å²) in [6.45, 7) is 5.89. The van der Waals surface area contributed by atoms with Gasteiger partial charge in [0.15, 0.2) is 0 Å². The number of hydrogen-bond acceptors (Lipinski definition) is 3. The van der Waals surface area contributed by atoms with Crippen molar-refractivity contribution < 1.29 is 12.3 Å². The molecule has 5 heteroatoms. The average molecular weight is 335 g/mol. The number of hydrogen-bond donors (Lipinski definition) is 0. The van der Waals surface area contributed by atoms with Crippen molar-refractivity contribution >= 4 is 18.4 Å². The standard InChI is InChI=1S/C17H22O3SSi/c1-4-15-10-12-17(13-11-15)21(18,19)20-22(2,3)14-16-8-6-5-7-9-16/h5-13H,4,14H2,1-3H3. The Bertz CT molecular complexity index is 707. The Balaban J connectivity index is 2.15. The Morgan fingerprint density at radius 2 is 1.50 bits per heavy atom. The third-order valence-corrected chi connectivity index (χ3v) is 8.22. The highest BCUT2D eigenvalue weighted by Gasteiger charge is 2.31. The molecule has 0 unspecified atom stereocenters. The van der Waals surface area contributed by atoms with Gasteiger partial charge in [0.05, 0.1) is 4.90 Å². The minimum Gasteiger partial charge on any atom is -0.311 e. The van der Waals surface area contributed by atoms with E-state index in [9.17, 15) is 8.42 Å². The summed E-state index contributed by atoms with van der Waals surface area (Å²) in [6.07, 6.45) is 0.884. The van der Waals surface area contributed by atoms with Gasteiger partial charge < -0.3 is 3.87 Å². The second-order valence-electron chi connectivity index (χ2n) is 5.96. The first-order valence-corrected chi connectivity index (χ1v) is 11.9.